The fraction of sp³-hybridized carbons (Fsp3) is 0.353. The lowest BCUT2D eigenvalue weighted by Crippen LogP contribution is -2.39. The van der Waals surface area contributed by atoms with Crippen molar-refractivity contribution in [3.63, 3.8) is 0 Å². The van der Waals surface area contributed by atoms with Gasteiger partial charge in [0.25, 0.3) is 11.3 Å². The van der Waals surface area contributed by atoms with E-state index in [0.717, 1.165) is 4.57 Å². The Morgan fingerprint density at radius 2 is 2.03 bits per heavy atom. The van der Waals surface area contributed by atoms with Crippen LogP contribution < -0.4 is 11.2 Å². The van der Waals surface area contributed by atoms with E-state index >= 15 is 0 Å². The molecule has 154 valence electrons. The largest absolute Gasteiger partial charge is 0.462 e. The van der Waals surface area contributed by atoms with Crippen molar-refractivity contribution in [3.8, 4) is 0 Å². The topological polar surface area (TPSA) is 101 Å². The molecule has 0 fully saturated rings. The number of hydrogen-bond donors (Lipinski definition) is 0. The molecular weight excluding hydrogens is 408 g/mol. The number of pyridine rings is 1. The molecule has 9 nitrogen and oxygen atoms in total. The molecule has 12 heteroatoms. The molecule has 0 saturated heterocycles. The number of aromatic nitrogens is 5. The Kier molecular flexibility index (Phi) is 6.11. The van der Waals surface area contributed by atoms with Gasteiger partial charge in [0.1, 0.15) is 5.03 Å². The third-order valence-corrected chi connectivity index (χ3v) is 4.88. The number of thioether (sulfide) groups is 1. The summed E-state index contributed by atoms with van der Waals surface area (Å²) in [5, 5.41) is -0.126. The molecule has 0 N–H and O–H groups in total. The Hall–Kier alpha value is -3.02. The van der Waals surface area contributed by atoms with Crippen molar-refractivity contribution < 1.29 is 18.3 Å². The van der Waals surface area contributed by atoms with Crippen LogP contribution in [-0.4, -0.2) is 42.0 Å². The Morgan fingerprint density at radius 3 is 2.76 bits per heavy atom. The number of halogens is 2. The zero-order valence-corrected chi connectivity index (χ0v) is 16.4. The molecule has 0 atom stereocenters. The number of carbonyl (C=O) groups excluding carboxylic acids is 1. The van der Waals surface area contributed by atoms with Gasteiger partial charge in [-0.15, -0.1) is 0 Å². The number of aryl methyl sites for hydroxylation is 2. The third kappa shape index (κ3) is 4.21. The van der Waals surface area contributed by atoms with E-state index in [1.54, 1.807) is 7.05 Å². The molecule has 0 bridgehead atoms. The van der Waals surface area contributed by atoms with Gasteiger partial charge in [0.2, 0.25) is 0 Å². The van der Waals surface area contributed by atoms with Crippen LogP contribution in [0.4, 0.5) is 8.78 Å². The first kappa shape index (κ1) is 20.7. The predicted molar refractivity (Wildman–Crippen MR) is 101 cm³/mol. The minimum absolute atomic E-state index is 0.0194. The van der Waals surface area contributed by atoms with Gasteiger partial charge in [0.05, 0.1) is 18.5 Å². The minimum Gasteiger partial charge on any atom is -0.462 e. The second kappa shape index (κ2) is 8.55. The van der Waals surface area contributed by atoms with Crippen LogP contribution in [0.2, 0.25) is 0 Å². The summed E-state index contributed by atoms with van der Waals surface area (Å²) in [7, 11) is 3.16. The first-order valence-electron chi connectivity index (χ1n) is 8.49. The Bertz CT molecular complexity index is 1170. The van der Waals surface area contributed by atoms with E-state index < -0.39 is 23.0 Å². The average Bonchev–Trinajstić information content (AvgIpc) is 3.07. The van der Waals surface area contributed by atoms with Gasteiger partial charge in [0.15, 0.2) is 11.2 Å². The maximum atomic E-state index is 12.6. The summed E-state index contributed by atoms with van der Waals surface area (Å²) in [5.41, 5.74) is -0.520. The minimum atomic E-state index is -2.72. The second-order valence-corrected chi connectivity index (χ2v) is 7.03. The molecule has 3 rings (SSSR count). The summed E-state index contributed by atoms with van der Waals surface area (Å²) >= 11 is 0.155. The third-order valence-electron chi connectivity index (χ3n) is 4.15. The summed E-state index contributed by atoms with van der Waals surface area (Å²) in [5.74, 6) is -3.52. The van der Waals surface area contributed by atoms with E-state index in [2.05, 4.69) is 9.97 Å². The number of imidazole rings is 1. The Labute approximate surface area is 166 Å². The highest BCUT2D eigenvalue weighted by Crippen LogP contribution is 2.26. The van der Waals surface area contributed by atoms with Crippen LogP contribution in [0.25, 0.3) is 11.2 Å². The van der Waals surface area contributed by atoms with E-state index in [9.17, 15) is 23.2 Å². The van der Waals surface area contributed by atoms with Crippen molar-refractivity contribution in [2.75, 3.05) is 6.61 Å². The number of nitrogens with zero attached hydrogens (tertiary/aromatic N) is 5. The van der Waals surface area contributed by atoms with Crippen LogP contribution in [0.3, 0.4) is 0 Å². The lowest BCUT2D eigenvalue weighted by molar-refractivity contribution is 0.0490. The molecule has 0 saturated carbocycles. The van der Waals surface area contributed by atoms with E-state index in [4.69, 9.17) is 4.74 Å². The van der Waals surface area contributed by atoms with Gasteiger partial charge in [-0.25, -0.2) is 19.6 Å². The molecule has 0 radical (unpaired) electrons. The highest BCUT2D eigenvalue weighted by atomic mass is 32.2. The van der Waals surface area contributed by atoms with E-state index in [1.165, 1.54) is 40.8 Å². The molecule has 0 amide bonds. The van der Waals surface area contributed by atoms with Crippen LogP contribution >= 0.6 is 11.8 Å². The van der Waals surface area contributed by atoms with Crippen molar-refractivity contribution in [1.82, 2.24) is 23.7 Å². The molecule has 0 aromatic carbocycles. The van der Waals surface area contributed by atoms with Gasteiger partial charge in [-0.05, 0) is 30.3 Å². The van der Waals surface area contributed by atoms with E-state index in [0.29, 0.717) is 0 Å². The number of esters is 1. The van der Waals surface area contributed by atoms with Crippen molar-refractivity contribution >= 4 is 28.9 Å². The summed E-state index contributed by atoms with van der Waals surface area (Å²) in [4.78, 5) is 45.0. The first-order chi connectivity index (χ1) is 13.8. The summed E-state index contributed by atoms with van der Waals surface area (Å²) in [6.07, 6.45) is 2.93. The molecule has 0 unspecified atom stereocenters. The maximum Gasteiger partial charge on any atom is 0.340 e. The summed E-state index contributed by atoms with van der Waals surface area (Å²) < 4.78 is 34.1. The molecule has 3 aromatic heterocycles. The highest BCUT2D eigenvalue weighted by molar-refractivity contribution is 7.99. The fourth-order valence-electron chi connectivity index (χ4n) is 2.78. The van der Waals surface area contributed by atoms with Crippen LogP contribution in [0.5, 0.6) is 0 Å². The molecule has 3 heterocycles. The zero-order valence-electron chi connectivity index (χ0n) is 15.5. The highest BCUT2D eigenvalue weighted by Gasteiger charge is 2.18. The smallest absolute Gasteiger partial charge is 0.340 e. The SMILES string of the molecule is Cn1cnc2c1c(=O)n(CCCOC(=O)c1cccnc1SC(F)F)c(=O)n2C. The second-order valence-electron chi connectivity index (χ2n) is 6.05. The van der Waals surface area contributed by atoms with Crippen molar-refractivity contribution in [3.05, 3.63) is 51.1 Å². The number of ether oxygens (including phenoxy) is 1. The summed E-state index contributed by atoms with van der Waals surface area (Å²) in [6, 6.07) is 2.79. The number of carbonyl (C=O) groups is 1. The average molecular weight is 425 g/mol. The van der Waals surface area contributed by atoms with Crippen LogP contribution in [0.1, 0.15) is 16.8 Å². The van der Waals surface area contributed by atoms with Crippen molar-refractivity contribution in [2.24, 2.45) is 14.1 Å². The standard InChI is InChI=1S/C17H17F2N5O4S/c1-22-9-21-12-11(22)14(25)24(17(27)23(12)2)7-4-8-28-15(26)10-5-3-6-20-13(10)29-16(18)19/h3,5-6,9,16H,4,7-8H2,1-2H3. The predicted octanol–water partition coefficient (Wildman–Crippen LogP) is 1.39. The normalized spacial score (nSPS) is 11.3. The van der Waals surface area contributed by atoms with Gasteiger partial charge >= 0.3 is 11.7 Å². The zero-order chi connectivity index (χ0) is 21.1. The quantitative estimate of drug-likeness (QED) is 0.320. The van der Waals surface area contributed by atoms with Crippen molar-refractivity contribution in [2.45, 2.75) is 23.7 Å². The number of rotatable bonds is 7. The molecular formula is C17H17F2N5O4S. The molecule has 0 aliphatic carbocycles. The van der Waals surface area contributed by atoms with Crippen LogP contribution in [0, 0.1) is 0 Å². The monoisotopic (exact) mass is 425 g/mol. The van der Waals surface area contributed by atoms with Gasteiger partial charge in [-0.1, -0.05) is 0 Å². The number of alkyl halides is 2. The van der Waals surface area contributed by atoms with E-state index in [1.807, 2.05) is 0 Å². The molecule has 0 aliphatic heterocycles. The maximum absolute atomic E-state index is 12.6. The van der Waals surface area contributed by atoms with Crippen LogP contribution in [0.15, 0.2) is 39.3 Å². The number of fused-ring (bicyclic) bond motifs is 1. The lowest BCUT2D eigenvalue weighted by Gasteiger charge is -2.10. The molecule has 0 aliphatic rings. The molecule has 29 heavy (non-hydrogen) atoms. The first-order valence-corrected chi connectivity index (χ1v) is 9.37. The Morgan fingerprint density at radius 1 is 1.28 bits per heavy atom. The molecule has 0 spiro atoms. The van der Waals surface area contributed by atoms with Crippen LogP contribution in [-0.2, 0) is 25.4 Å². The Balaban J connectivity index is 1.69. The summed E-state index contributed by atoms with van der Waals surface area (Å²) in [6.45, 7) is -0.0862. The van der Waals surface area contributed by atoms with Gasteiger partial charge in [0, 0.05) is 26.8 Å². The fourth-order valence-corrected chi connectivity index (χ4v) is 3.35. The van der Waals surface area contributed by atoms with Gasteiger partial charge in [-0.3, -0.25) is 13.9 Å². The van der Waals surface area contributed by atoms with Crippen molar-refractivity contribution in [1.29, 1.82) is 0 Å². The van der Waals surface area contributed by atoms with E-state index in [-0.39, 0.29) is 53.1 Å². The lowest BCUT2D eigenvalue weighted by atomic mass is 10.3. The number of hydrogen-bond acceptors (Lipinski definition) is 7. The molecule has 3 aromatic rings. The van der Waals surface area contributed by atoms with Gasteiger partial charge < -0.3 is 9.30 Å². The van der Waals surface area contributed by atoms with Gasteiger partial charge in [-0.2, -0.15) is 8.78 Å².